The number of hydrogen-bond donors (Lipinski definition) is 2. The Labute approximate surface area is 167 Å². The average Bonchev–Trinajstić information content (AvgIpc) is 3.00. The molecule has 4 heteroatoms. The van der Waals surface area contributed by atoms with E-state index in [0.29, 0.717) is 31.0 Å². The first-order valence-electron chi connectivity index (χ1n) is 10.4. The molecular weight excluding hydrogens is 348 g/mol. The van der Waals surface area contributed by atoms with Crippen LogP contribution in [-0.4, -0.2) is 18.0 Å². The Balaban J connectivity index is 1.30. The number of piperidine rings is 1. The Hall–Kier alpha value is -2.33. The van der Waals surface area contributed by atoms with Gasteiger partial charge in [-0.25, -0.2) is 0 Å². The van der Waals surface area contributed by atoms with E-state index in [9.17, 15) is 4.79 Å². The Morgan fingerprint density at radius 1 is 1.11 bits per heavy atom. The standard InChI is InChI=1S/C24H30N2O2/c1-16-4-3-5-18(10-16)15-28-22-8-9-23(17(2)11-22)26-24(27)14-19-12-20-6-7-21(13-19)25-20/h3-5,8-11,19-21,25H,6-7,12-15H2,1-2H3,(H,26,27). The molecule has 2 aromatic carbocycles. The van der Waals surface area contributed by atoms with Crippen molar-refractivity contribution >= 4 is 11.6 Å². The van der Waals surface area contributed by atoms with E-state index in [2.05, 4.69) is 35.8 Å². The minimum atomic E-state index is 0.128. The summed E-state index contributed by atoms with van der Waals surface area (Å²) in [6.07, 6.45) is 5.43. The van der Waals surface area contributed by atoms with Crippen LogP contribution < -0.4 is 15.4 Å². The average molecular weight is 379 g/mol. The van der Waals surface area contributed by atoms with E-state index in [-0.39, 0.29) is 5.91 Å². The molecule has 0 aliphatic carbocycles. The number of amides is 1. The minimum Gasteiger partial charge on any atom is -0.489 e. The molecule has 0 aromatic heterocycles. The van der Waals surface area contributed by atoms with Gasteiger partial charge in [-0.05, 0) is 74.8 Å². The molecule has 28 heavy (non-hydrogen) atoms. The summed E-state index contributed by atoms with van der Waals surface area (Å²) in [5, 5.41) is 6.74. The van der Waals surface area contributed by atoms with Gasteiger partial charge in [-0.3, -0.25) is 4.79 Å². The first kappa shape index (κ1) is 19.0. The molecule has 4 nitrogen and oxygen atoms in total. The number of anilines is 1. The van der Waals surface area contributed by atoms with Crippen molar-refractivity contribution in [1.82, 2.24) is 5.32 Å². The predicted molar refractivity (Wildman–Crippen MR) is 113 cm³/mol. The fraction of sp³-hybridized carbons (Fsp3) is 0.458. The lowest BCUT2D eigenvalue weighted by molar-refractivity contribution is -0.117. The Morgan fingerprint density at radius 2 is 1.89 bits per heavy atom. The molecule has 2 bridgehead atoms. The molecular formula is C24H30N2O2. The number of nitrogens with one attached hydrogen (secondary N) is 2. The number of hydrogen-bond acceptors (Lipinski definition) is 3. The molecule has 4 rings (SSSR count). The Bertz CT molecular complexity index is 836. The van der Waals surface area contributed by atoms with E-state index >= 15 is 0 Å². The zero-order valence-electron chi connectivity index (χ0n) is 16.8. The van der Waals surface area contributed by atoms with Crippen LogP contribution in [0.3, 0.4) is 0 Å². The van der Waals surface area contributed by atoms with Crippen LogP contribution in [0.1, 0.15) is 48.8 Å². The number of fused-ring (bicyclic) bond motifs is 2. The second kappa shape index (κ2) is 8.36. The van der Waals surface area contributed by atoms with E-state index in [1.165, 1.54) is 18.4 Å². The number of rotatable bonds is 6. The summed E-state index contributed by atoms with van der Waals surface area (Å²) in [4.78, 5) is 12.5. The normalized spacial score (nSPS) is 23.4. The first-order chi connectivity index (χ1) is 13.5. The van der Waals surface area contributed by atoms with Crippen molar-refractivity contribution in [3.63, 3.8) is 0 Å². The third kappa shape index (κ3) is 4.74. The molecule has 2 aliphatic heterocycles. The predicted octanol–water partition coefficient (Wildman–Crippen LogP) is 4.74. The van der Waals surface area contributed by atoms with Crippen molar-refractivity contribution in [3.05, 3.63) is 59.2 Å². The molecule has 2 aliphatic rings. The lowest BCUT2D eigenvalue weighted by Crippen LogP contribution is -2.39. The van der Waals surface area contributed by atoms with Gasteiger partial charge in [-0.2, -0.15) is 0 Å². The van der Waals surface area contributed by atoms with E-state index in [1.807, 2.05) is 31.2 Å². The molecule has 2 unspecified atom stereocenters. The number of aryl methyl sites for hydroxylation is 2. The van der Waals surface area contributed by atoms with Crippen LogP contribution in [-0.2, 0) is 11.4 Å². The van der Waals surface area contributed by atoms with Gasteiger partial charge in [0, 0.05) is 24.2 Å². The fourth-order valence-electron chi connectivity index (χ4n) is 4.64. The van der Waals surface area contributed by atoms with Crippen LogP contribution >= 0.6 is 0 Å². The highest BCUT2D eigenvalue weighted by Gasteiger charge is 2.34. The topological polar surface area (TPSA) is 50.4 Å². The summed E-state index contributed by atoms with van der Waals surface area (Å²) in [5.74, 6) is 1.46. The second-order valence-electron chi connectivity index (χ2n) is 8.48. The minimum absolute atomic E-state index is 0.128. The van der Waals surface area contributed by atoms with E-state index in [0.717, 1.165) is 35.4 Å². The first-order valence-corrected chi connectivity index (χ1v) is 10.4. The van der Waals surface area contributed by atoms with Gasteiger partial charge in [-0.15, -0.1) is 0 Å². The summed E-state index contributed by atoms with van der Waals surface area (Å²) < 4.78 is 5.92. The summed E-state index contributed by atoms with van der Waals surface area (Å²) in [6, 6.07) is 15.5. The van der Waals surface area contributed by atoms with Crippen molar-refractivity contribution < 1.29 is 9.53 Å². The molecule has 148 valence electrons. The van der Waals surface area contributed by atoms with Crippen molar-refractivity contribution in [2.45, 2.75) is 64.6 Å². The van der Waals surface area contributed by atoms with Crippen LogP contribution in [0.4, 0.5) is 5.69 Å². The molecule has 2 heterocycles. The SMILES string of the molecule is Cc1cccc(COc2ccc(NC(=O)CC3CC4CCC(C3)N4)c(C)c2)c1. The van der Waals surface area contributed by atoms with Crippen LogP contribution in [0.25, 0.3) is 0 Å². The third-order valence-electron chi connectivity index (χ3n) is 6.00. The second-order valence-corrected chi connectivity index (χ2v) is 8.48. The van der Waals surface area contributed by atoms with Gasteiger partial charge in [0.25, 0.3) is 0 Å². The van der Waals surface area contributed by atoms with Gasteiger partial charge in [0.15, 0.2) is 0 Å². The summed E-state index contributed by atoms with van der Waals surface area (Å²) in [5.41, 5.74) is 4.30. The van der Waals surface area contributed by atoms with Gasteiger partial charge in [0.05, 0.1) is 0 Å². The smallest absolute Gasteiger partial charge is 0.224 e. The zero-order valence-corrected chi connectivity index (χ0v) is 16.8. The van der Waals surface area contributed by atoms with Crippen LogP contribution in [0.2, 0.25) is 0 Å². The number of carbonyl (C=O) groups excluding carboxylic acids is 1. The summed E-state index contributed by atoms with van der Waals surface area (Å²) >= 11 is 0. The maximum atomic E-state index is 12.5. The lowest BCUT2D eigenvalue weighted by atomic mass is 9.89. The van der Waals surface area contributed by atoms with Crippen molar-refractivity contribution in [2.75, 3.05) is 5.32 Å². The number of carbonyl (C=O) groups is 1. The Kier molecular flexibility index (Phi) is 5.67. The van der Waals surface area contributed by atoms with Crippen LogP contribution in [0.5, 0.6) is 5.75 Å². The highest BCUT2D eigenvalue weighted by atomic mass is 16.5. The van der Waals surface area contributed by atoms with Crippen molar-refractivity contribution in [1.29, 1.82) is 0 Å². The van der Waals surface area contributed by atoms with E-state index < -0.39 is 0 Å². The molecule has 0 radical (unpaired) electrons. The molecule has 2 saturated heterocycles. The fourth-order valence-corrected chi connectivity index (χ4v) is 4.64. The summed E-state index contributed by atoms with van der Waals surface area (Å²) in [7, 11) is 0. The van der Waals surface area contributed by atoms with Crippen LogP contribution in [0, 0.1) is 19.8 Å². The molecule has 1 amide bonds. The monoisotopic (exact) mass is 378 g/mol. The van der Waals surface area contributed by atoms with Gasteiger partial charge in [0.1, 0.15) is 12.4 Å². The van der Waals surface area contributed by atoms with Gasteiger partial charge < -0.3 is 15.4 Å². The maximum absolute atomic E-state index is 12.5. The molecule has 0 saturated carbocycles. The van der Waals surface area contributed by atoms with Crippen molar-refractivity contribution in [2.24, 2.45) is 5.92 Å². The van der Waals surface area contributed by atoms with Gasteiger partial charge in [-0.1, -0.05) is 29.8 Å². The molecule has 0 spiro atoms. The van der Waals surface area contributed by atoms with Crippen molar-refractivity contribution in [3.8, 4) is 5.75 Å². The quantitative estimate of drug-likeness (QED) is 0.763. The highest BCUT2D eigenvalue weighted by Crippen LogP contribution is 2.33. The molecule has 2 aromatic rings. The molecule has 2 atom stereocenters. The zero-order chi connectivity index (χ0) is 19.5. The maximum Gasteiger partial charge on any atom is 0.224 e. The Morgan fingerprint density at radius 3 is 2.61 bits per heavy atom. The summed E-state index contributed by atoms with van der Waals surface area (Å²) in [6.45, 7) is 4.64. The largest absolute Gasteiger partial charge is 0.489 e. The van der Waals surface area contributed by atoms with E-state index in [4.69, 9.17) is 4.74 Å². The molecule has 2 fully saturated rings. The number of ether oxygens (including phenoxy) is 1. The van der Waals surface area contributed by atoms with Crippen LogP contribution in [0.15, 0.2) is 42.5 Å². The molecule has 2 N–H and O–H groups in total. The number of benzene rings is 2. The van der Waals surface area contributed by atoms with E-state index in [1.54, 1.807) is 0 Å². The highest BCUT2D eigenvalue weighted by molar-refractivity contribution is 5.91. The van der Waals surface area contributed by atoms with Gasteiger partial charge >= 0.3 is 0 Å². The van der Waals surface area contributed by atoms with Gasteiger partial charge in [0.2, 0.25) is 5.91 Å². The third-order valence-corrected chi connectivity index (χ3v) is 6.00. The lowest BCUT2D eigenvalue weighted by Gasteiger charge is -2.28.